The van der Waals surface area contributed by atoms with E-state index in [0.29, 0.717) is 18.0 Å². The summed E-state index contributed by atoms with van der Waals surface area (Å²) in [6, 6.07) is 1.15. The van der Waals surface area contributed by atoms with Gasteiger partial charge in [-0.3, -0.25) is 9.69 Å². The molecule has 2 saturated heterocycles. The van der Waals surface area contributed by atoms with Crippen molar-refractivity contribution >= 4 is 28.6 Å². The number of carbonyl (C=O) groups excluding carboxylic acids is 1. The molecule has 0 N–H and O–H groups in total. The Kier molecular flexibility index (Phi) is 4.60. The van der Waals surface area contributed by atoms with Crippen molar-refractivity contribution in [1.82, 2.24) is 4.90 Å². The maximum atomic E-state index is 12.4. The van der Waals surface area contributed by atoms with Gasteiger partial charge in [-0.15, -0.1) is 0 Å². The topological polar surface area (TPSA) is 29.5 Å². The summed E-state index contributed by atoms with van der Waals surface area (Å²) in [5, 5.41) is 0. The maximum absolute atomic E-state index is 12.4. The molecule has 0 radical (unpaired) electrons. The molecule has 3 fully saturated rings. The van der Waals surface area contributed by atoms with Crippen molar-refractivity contribution < 1.29 is 9.53 Å². The quantitative estimate of drug-likeness (QED) is 0.411. The van der Waals surface area contributed by atoms with Gasteiger partial charge >= 0.3 is 5.97 Å². The van der Waals surface area contributed by atoms with Crippen molar-refractivity contribution in [3.8, 4) is 0 Å². The van der Waals surface area contributed by atoms with Crippen LogP contribution in [0, 0.1) is 17.8 Å². The first kappa shape index (κ1) is 15.1. The van der Waals surface area contributed by atoms with Crippen LogP contribution in [-0.2, 0) is 9.53 Å². The van der Waals surface area contributed by atoms with E-state index in [1.165, 1.54) is 44.9 Å². The molecule has 3 rings (SSSR count). The molecule has 0 aromatic carbocycles. The highest BCUT2D eigenvalue weighted by molar-refractivity contribution is 14.1. The minimum Gasteiger partial charge on any atom is -0.469 e. The SMILES string of the molecule is COC(=O)C1C2CC[C@H](C[C@H]1C1CCC(I)CC1)N2C. The van der Waals surface area contributed by atoms with E-state index in [-0.39, 0.29) is 11.9 Å². The Labute approximate surface area is 135 Å². The molecule has 20 heavy (non-hydrogen) atoms. The lowest BCUT2D eigenvalue weighted by atomic mass is 9.68. The van der Waals surface area contributed by atoms with Gasteiger partial charge in [0.15, 0.2) is 0 Å². The smallest absolute Gasteiger partial charge is 0.310 e. The van der Waals surface area contributed by atoms with E-state index in [1.807, 2.05) is 0 Å². The van der Waals surface area contributed by atoms with Gasteiger partial charge < -0.3 is 4.74 Å². The highest BCUT2D eigenvalue weighted by atomic mass is 127. The maximum Gasteiger partial charge on any atom is 0.310 e. The number of carbonyl (C=O) groups is 1. The van der Waals surface area contributed by atoms with Gasteiger partial charge in [0.2, 0.25) is 0 Å². The number of rotatable bonds is 2. The van der Waals surface area contributed by atoms with Crippen LogP contribution in [0.5, 0.6) is 0 Å². The molecule has 1 aliphatic carbocycles. The molecule has 0 spiro atoms. The summed E-state index contributed by atoms with van der Waals surface area (Å²) < 4.78 is 6.01. The summed E-state index contributed by atoms with van der Waals surface area (Å²) in [5.41, 5.74) is 0. The first-order valence-corrected chi connectivity index (χ1v) is 9.30. The third-order valence-corrected chi connectivity index (χ3v) is 7.34. The lowest BCUT2D eigenvalue weighted by Gasteiger charge is -2.45. The van der Waals surface area contributed by atoms with Crippen LogP contribution in [0.3, 0.4) is 0 Å². The number of nitrogens with zero attached hydrogens (tertiary/aromatic N) is 1. The second-order valence-electron chi connectivity index (χ2n) is 6.92. The Morgan fingerprint density at radius 1 is 1.15 bits per heavy atom. The van der Waals surface area contributed by atoms with Gasteiger partial charge in [0, 0.05) is 16.0 Å². The number of halogens is 1. The lowest BCUT2D eigenvalue weighted by molar-refractivity contribution is -0.154. The van der Waals surface area contributed by atoms with Crippen LogP contribution in [-0.4, -0.2) is 41.0 Å². The fraction of sp³-hybridized carbons (Fsp3) is 0.938. The number of alkyl halides is 1. The van der Waals surface area contributed by atoms with E-state index in [1.54, 1.807) is 7.11 Å². The average molecular weight is 391 g/mol. The number of piperidine rings is 1. The number of methoxy groups -OCH3 is 1. The van der Waals surface area contributed by atoms with Crippen molar-refractivity contribution in [2.45, 2.75) is 61.0 Å². The molecular formula is C16H26INO2. The molecule has 0 aromatic heterocycles. The third-order valence-electron chi connectivity index (χ3n) is 6.10. The Balaban J connectivity index is 1.79. The predicted octanol–water partition coefficient (Wildman–Crippen LogP) is 3.25. The van der Waals surface area contributed by atoms with E-state index in [2.05, 4.69) is 34.5 Å². The first-order chi connectivity index (χ1) is 9.61. The van der Waals surface area contributed by atoms with Crippen LogP contribution in [0.15, 0.2) is 0 Å². The molecule has 3 nitrogen and oxygen atoms in total. The second kappa shape index (κ2) is 6.11. The van der Waals surface area contributed by atoms with Crippen LogP contribution in [0.1, 0.15) is 44.9 Å². The summed E-state index contributed by atoms with van der Waals surface area (Å²) in [5.74, 6) is 1.49. The molecule has 2 heterocycles. The summed E-state index contributed by atoms with van der Waals surface area (Å²) >= 11 is 2.59. The van der Waals surface area contributed by atoms with Gasteiger partial charge in [-0.25, -0.2) is 0 Å². The Bertz CT molecular complexity index is 367. The number of fused-ring (bicyclic) bond motifs is 2. The summed E-state index contributed by atoms with van der Waals surface area (Å²) in [4.78, 5) is 14.8. The number of hydrogen-bond acceptors (Lipinski definition) is 3. The summed E-state index contributed by atoms with van der Waals surface area (Å²) in [7, 11) is 3.76. The monoisotopic (exact) mass is 391 g/mol. The minimum absolute atomic E-state index is 0.0452. The van der Waals surface area contributed by atoms with Crippen LogP contribution < -0.4 is 0 Å². The molecule has 2 unspecified atom stereocenters. The molecule has 4 atom stereocenters. The molecule has 2 aliphatic heterocycles. The van der Waals surface area contributed by atoms with Crippen molar-refractivity contribution in [2.75, 3.05) is 14.2 Å². The van der Waals surface area contributed by atoms with Crippen LogP contribution >= 0.6 is 22.6 Å². The molecule has 0 amide bonds. The normalized spacial score (nSPS) is 45.4. The Morgan fingerprint density at radius 3 is 2.50 bits per heavy atom. The molecule has 2 bridgehead atoms. The standard InChI is InChI=1S/C16H26INO2/c1-18-12-7-8-14(18)15(16(19)20-2)13(9-12)10-3-5-11(17)6-4-10/h10-15H,3-9H2,1-2H3/t10?,11?,12-,13+,14?,15?/m1/s1. The van der Waals surface area contributed by atoms with Gasteiger partial charge in [-0.2, -0.15) is 0 Å². The van der Waals surface area contributed by atoms with E-state index >= 15 is 0 Å². The fourth-order valence-corrected chi connectivity index (χ4v) is 5.68. The summed E-state index contributed by atoms with van der Waals surface area (Å²) in [6.07, 6.45) is 8.96. The van der Waals surface area contributed by atoms with Crippen LogP contribution in [0.25, 0.3) is 0 Å². The zero-order chi connectivity index (χ0) is 14.3. The molecule has 1 saturated carbocycles. The average Bonchev–Trinajstić information content (AvgIpc) is 2.70. The number of ether oxygens (including phenoxy) is 1. The van der Waals surface area contributed by atoms with Crippen molar-refractivity contribution in [3.63, 3.8) is 0 Å². The van der Waals surface area contributed by atoms with Crippen molar-refractivity contribution in [2.24, 2.45) is 17.8 Å². The van der Waals surface area contributed by atoms with E-state index in [4.69, 9.17) is 4.74 Å². The number of hydrogen-bond donors (Lipinski definition) is 0. The molecule has 0 aromatic rings. The third kappa shape index (κ3) is 2.62. The van der Waals surface area contributed by atoms with Gasteiger partial charge in [0.05, 0.1) is 13.0 Å². The molecule has 4 heteroatoms. The fourth-order valence-electron chi connectivity index (χ4n) is 4.96. The van der Waals surface area contributed by atoms with Crippen LogP contribution in [0.2, 0.25) is 0 Å². The first-order valence-electron chi connectivity index (χ1n) is 8.05. The van der Waals surface area contributed by atoms with Crippen molar-refractivity contribution in [1.29, 1.82) is 0 Å². The number of esters is 1. The van der Waals surface area contributed by atoms with E-state index in [9.17, 15) is 4.79 Å². The van der Waals surface area contributed by atoms with Gasteiger partial charge in [0.1, 0.15) is 0 Å². The summed E-state index contributed by atoms with van der Waals surface area (Å²) in [6.45, 7) is 0. The van der Waals surface area contributed by atoms with Gasteiger partial charge in [-0.05, 0) is 63.8 Å². The molecule has 3 aliphatic rings. The Morgan fingerprint density at radius 2 is 1.85 bits per heavy atom. The second-order valence-corrected chi connectivity index (χ2v) is 8.69. The van der Waals surface area contributed by atoms with E-state index < -0.39 is 0 Å². The lowest BCUT2D eigenvalue weighted by Crippen LogP contribution is -2.52. The molecule has 114 valence electrons. The largest absolute Gasteiger partial charge is 0.469 e. The highest BCUT2D eigenvalue weighted by Gasteiger charge is 2.51. The van der Waals surface area contributed by atoms with Crippen molar-refractivity contribution in [3.05, 3.63) is 0 Å². The molecular weight excluding hydrogens is 365 g/mol. The zero-order valence-electron chi connectivity index (χ0n) is 12.6. The van der Waals surface area contributed by atoms with Crippen LogP contribution in [0.4, 0.5) is 0 Å². The van der Waals surface area contributed by atoms with Gasteiger partial charge in [0.25, 0.3) is 0 Å². The predicted molar refractivity (Wildman–Crippen MR) is 88.0 cm³/mol. The van der Waals surface area contributed by atoms with Gasteiger partial charge in [-0.1, -0.05) is 22.6 Å². The highest BCUT2D eigenvalue weighted by Crippen LogP contribution is 2.48. The minimum atomic E-state index is 0.0452. The van der Waals surface area contributed by atoms with E-state index in [0.717, 1.165) is 9.84 Å². The zero-order valence-corrected chi connectivity index (χ0v) is 14.7. The Hall–Kier alpha value is 0.160.